The van der Waals surface area contributed by atoms with Crippen LogP contribution >= 0.6 is 0 Å². The van der Waals surface area contributed by atoms with E-state index in [9.17, 15) is 4.79 Å². The van der Waals surface area contributed by atoms with Crippen molar-refractivity contribution < 1.29 is 4.79 Å². The van der Waals surface area contributed by atoms with Gasteiger partial charge in [0.05, 0.1) is 0 Å². The molecule has 0 saturated heterocycles. The maximum Gasteiger partial charge on any atom is 0.119 e. The maximum absolute atomic E-state index is 9.94. The molecular formula is C9H19NO. The molecule has 0 heterocycles. The zero-order valence-electron chi connectivity index (χ0n) is 7.60. The fourth-order valence-corrected chi connectivity index (χ4v) is 0.845. The first-order chi connectivity index (χ1) is 5.31. The van der Waals surface area contributed by atoms with Crippen LogP contribution in [0.3, 0.4) is 0 Å². The molecule has 0 radical (unpaired) electrons. The van der Waals surface area contributed by atoms with Crippen molar-refractivity contribution in [3.63, 3.8) is 0 Å². The van der Waals surface area contributed by atoms with Crippen molar-refractivity contribution >= 4 is 6.29 Å². The molecule has 11 heavy (non-hydrogen) atoms. The highest BCUT2D eigenvalue weighted by Gasteiger charge is 1.94. The van der Waals surface area contributed by atoms with Crippen LogP contribution in [0.1, 0.15) is 39.5 Å². The Morgan fingerprint density at radius 3 is 2.73 bits per heavy atom. The van der Waals surface area contributed by atoms with Gasteiger partial charge in [-0.3, -0.25) is 0 Å². The Labute approximate surface area is 69.4 Å². The Kier molecular flexibility index (Phi) is 7.47. The summed E-state index contributed by atoms with van der Waals surface area (Å²) < 4.78 is 0. The smallest absolute Gasteiger partial charge is 0.119 e. The zero-order valence-corrected chi connectivity index (χ0v) is 7.60. The van der Waals surface area contributed by atoms with Gasteiger partial charge in [0.25, 0.3) is 0 Å². The van der Waals surface area contributed by atoms with Gasteiger partial charge in [-0.05, 0) is 32.7 Å². The van der Waals surface area contributed by atoms with Crippen molar-refractivity contribution in [1.82, 2.24) is 5.32 Å². The molecule has 0 aromatic rings. The fourth-order valence-electron chi connectivity index (χ4n) is 0.845. The minimum Gasteiger partial charge on any atom is -0.314 e. The van der Waals surface area contributed by atoms with Crippen LogP contribution in [-0.4, -0.2) is 18.9 Å². The Balaban J connectivity index is 2.95. The molecule has 0 saturated carbocycles. The van der Waals surface area contributed by atoms with Gasteiger partial charge < -0.3 is 10.1 Å². The minimum atomic E-state index is 0.617. The van der Waals surface area contributed by atoms with E-state index in [0.29, 0.717) is 12.5 Å². The summed E-state index contributed by atoms with van der Waals surface area (Å²) in [4.78, 5) is 9.94. The molecule has 2 nitrogen and oxygen atoms in total. The Bertz CT molecular complexity index is 93.6. The van der Waals surface area contributed by atoms with E-state index in [-0.39, 0.29) is 0 Å². The van der Waals surface area contributed by atoms with Crippen molar-refractivity contribution in [3.05, 3.63) is 0 Å². The number of nitrogens with one attached hydrogen (secondary N) is 1. The van der Waals surface area contributed by atoms with E-state index in [1.165, 1.54) is 6.42 Å². The Hall–Kier alpha value is -0.370. The summed E-state index contributed by atoms with van der Waals surface area (Å²) >= 11 is 0. The molecule has 0 aromatic carbocycles. The van der Waals surface area contributed by atoms with Crippen LogP contribution in [-0.2, 0) is 4.79 Å². The van der Waals surface area contributed by atoms with Gasteiger partial charge in [-0.1, -0.05) is 6.92 Å². The average molecular weight is 157 g/mol. The molecule has 0 amide bonds. The second-order valence-corrected chi connectivity index (χ2v) is 2.93. The lowest BCUT2D eigenvalue weighted by atomic mass is 10.2. The number of carbonyl (C=O) groups excluding carboxylic acids is 1. The van der Waals surface area contributed by atoms with E-state index in [4.69, 9.17) is 0 Å². The highest BCUT2D eigenvalue weighted by molar-refractivity contribution is 5.48. The number of unbranched alkanes of at least 4 members (excludes halogenated alkanes) is 2. The van der Waals surface area contributed by atoms with Gasteiger partial charge in [-0.25, -0.2) is 0 Å². The van der Waals surface area contributed by atoms with Crippen molar-refractivity contribution in [2.24, 2.45) is 0 Å². The first-order valence-electron chi connectivity index (χ1n) is 4.48. The second-order valence-electron chi connectivity index (χ2n) is 2.93. The van der Waals surface area contributed by atoms with Crippen molar-refractivity contribution in [3.8, 4) is 0 Å². The number of aldehydes is 1. The molecule has 0 aliphatic heterocycles. The first-order valence-corrected chi connectivity index (χ1v) is 4.48. The van der Waals surface area contributed by atoms with Gasteiger partial charge >= 0.3 is 0 Å². The third-order valence-corrected chi connectivity index (χ3v) is 1.85. The standard InChI is InChI=1S/C9H19NO/c1-3-9(2)10-7-5-4-6-8-11/h8-10H,3-7H2,1-2H3. The minimum absolute atomic E-state index is 0.617. The van der Waals surface area contributed by atoms with E-state index in [0.717, 1.165) is 25.7 Å². The van der Waals surface area contributed by atoms with Crippen molar-refractivity contribution in [2.45, 2.75) is 45.6 Å². The van der Waals surface area contributed by atoms with E-state index < -0.39 is 0 Å². The van der Waals surface area contributed by atoms with E-state index in [1.807, 2.05) is 0 Å². The average Bonchev–Trinajstić information content (AvgIpc) is 2.04. The zero-order chi connectivity index (χ0) is 8.53. The monoisotopic (exact) mass is 157 g/mol. The lowest BCUT2D eigenvalue weighted by Gasteiger charge is -2.09. The van der Waals surface area contributed by atoms with Crippen LogP contribution in [0.4, 0.5) is 0 Å². The number of hydrogen-bond acceptors (Lipinski definition) is 2. The predicted octanol–water partition coefficient (Wildman–Crippen LogP) is 1.74. The summed E-state index contributed by atoms with van der Waals surface area (Å²) in [5.41, 5.74) is 0. The van der Waals surface area contributed by atoms with Crippen LogP contribution in [0.2, 0.25) is 0 Å². The molecule has 0 aliphatic rings. The van der Waals surface area contributed by atoms with Crippen LogP contribution in [0.25, 0.3) is 0 Å². The summed E-state index contributed by atoms with van der Waals surface area (Å²) in [6, 6.07) is 0.617. The Morgan fingerprint density at radius 1 is 1.45 bits per heavy atom. The summed E-state index contributed by atoms with van der Waals surface area (Å²) in [6.07, 6.45) is 5.01. The van der Waals surface area contributed by atoms with Crippen LogP contribution in [0, 0.1) is 0 Å². The highest BCUT2D eigenvalue weighted by Crippen LogP contribution is 1.92. The molecule has 1 unspecified atom stereocenters. The van der Waals surface area contributed by atoms with E-state index in [1.54, 1.807) is 0 Å². The van der Waals surface area contributed by atoms with Gasteiger partial charge in [-0.15, -0.1) is 0 Å². The summed E-state index contributed by atoms with van der Waals surface area (Å²) in [5.74, 6) is 0. The SMILES string of the molecule is CCC(C)NCCCCC=O. The second kappa shape index (κ2) is 7.73. The molecule has 0 rings (SSSR count). The van der Waals surface area contributed by atoms with E-state index in [2.05, 4.69) is 19.2 Å². The summed E-state index contributed by atoms with van der Waals surface area (Å²) in [7, 11) is 0. The molecule has 0 fully saturated rings. The first kappa shape index (κ1) is 10.6. The molecule has 66 valence electrons. The molecule has 1 atom stereocenters. The normalized spacial score (nSPS) is 12.9. The molecule has 0 spiro atoms. The highest BCUT2D eigenvalue weighted by atomic mass is 16.1. The fraction of sp³-hybridized carbons (Fsp3) is 0.889. The van der Waals surface area contributed by atoms with Crippen LogP contribution in [0.5, 0.6) is 0 Å². The number of carbonyl (C=O) groups is 1. The molecule has 0 bridgehead atoms. The van der Waals surface area contributed by atoms with Crippen LogP contribution in [0.15, 0.2) is 0 Å². The van der Waals surface area contributed by atoms with Crippen LogP contribution < -0.4 is 5.32 Å². The van der Waals surface area contributed by atoms with Gasteiger partial charge in [0.15, 0.2) is 0 Å². The van der Waals surface area contributed by atoms with Gasteiger partial charge in [0, 0.05) is 12.5 Å². The van der Waals surface area contributed by atoms with E-state index >= 15 is 0 Å². The van der Waals surface area contributed by atoms with Gasteiger partial charge in [-0.2, -0.15) is 0 Å². The number of hydrogen-bond donors (Lipinski definition) is 1. The topological polar surface area (TPSA) is 29.1 Å². The third-order valence-electron chi connectivity index (χ3n) is 1.85. The van der Waals surface area contributed by atoms with Gasteiger partial charge in [0.1, 0.15) is 6.29 Å². The summed E-state index contributed by atoms with van der Waals surface area (Å²) in [6.45, 7) is 5.39. The molecular weight excluding hydrogens is 138 g/mol. The van der Waals surface area contributed by atoms with Crippen molar-refractivity contribution in [1.29, 1.82) is 0 Å². The lowest BCUT2D eigenvalue weighted by molar-refractivity contribution is -0.107. The summed E-state index contributed by atoms with van der Waals surface area (Å²) in [5, 5.41) is 3.38. The number of rotatable bonds is 7. The molecule has 2 heteroatoms. The predicted molar refractivity (Wildman–Crippen MR) is 47.7 cm³/mol. The Morgan fingerprint density at radius 2 is 2.18 bits per heavy atom. The van der Waals surface area contributed by atoms with Gasteiger partial charge in [0.2, 0.25) is 0 Å². The van der Waals surface area contributed by atoms with Crippen molar-refractivity contribution in [2.75, 3.05) is 6.54 Å². The largest absolute Gasteiger partial charge is 0.314 e. The quantitative estimate of drug-likeness (QED) is 0.450. The molecule has 1 N–H and O–H groups in total. The molecule has 0 aromatic heterocycles. The third kappa shape index (κ3) is 7.53. The maximum atomic E-state index is 9.94. The lowest BCUT2D eigenvalue weighted by Crippen LogP contribution is -2.25. The molecule has 0 aliphatic carbocycles.